The van der Waals surface area contributed by atoms with Gasteiger partial charge in [0, 0.05) is 31.2 Å². The molecule has 1 aromatic heterocycles. The summed E-state index contributed by atoms with van der Waals surface area (Å²) >= 11 is 0. The molecule has 0 amide bonds. The monoisotopic (exact) mass is 385 g/mol. The Hall–Kier alpha value is -1.57. The Balaban J connectivity index is 0.00000200. The van der Waals surface area contributed by atoms with E-state index in [0.29, 0.717) is 12.5 Å². The maximum absolute atomic E-state index is 5.82. The second kappa shape index (κ2) is 8.57. The van der Waals surface area contributed by atoms with Crippen molar-refractivity contribution in [3.63, 3.8) is 0 Å². The first-order valence-corrected chi connectivity index (χ1v) is 6.35. The minimum atomic E-state index is 0. The van der Waals surface area contributed by atoms with Crippen LogP contribution in [0.5, 0.6) is 0 Å². The quantitative estimate of drug-likeness (QED) is 0.360. The molecule has 5 nitrogen and oxygen atoms in total. The molecule has 6 heteroatoms. The number of nitrogens with one attached hydrogen (secondary N) is 1. The maximum atomic E-state index is 5.82. The van der Waals surface area contributed by atoms with E-state index in [1.54, 1.807) is 6.20 Å². The molecule has 2 aromatic rings. The number of aliphatic imine (C=N–C) groups is 1. The molecule has 1 heterocycles. The molecular formula is C14H20IN5. The van der Waals surface area contributed by atoms with Gasteiger partial charge in [-0.05, 0) is 31.5 Å². The summed E-state index contributed by atoms with van der Waals surface area (Å²) in [6.07, 6.45) is 4.63. The lowest BCUT2D eigenvalue weighted by Gasteiger charge is -2.06. The third-order valence-electron chi connectivity index (χ3n) is 2.71. The van der Waals surface area contributed by atoms with Crippen LogP contribution < -0.4 is 11.1 Å². The van der Waals surface area contributed by atoms with Crippen molar-refractivity contribution < 1.29 is 0 Å². The van der Waals surface area contributed by atoms with E-state index in [-0.39, 0.29) is 24.0 Å². The van der Waals surface area contributed by atoms with Gasteiger partial charge in [0.2, 0.25) is 0 Å². The average Bonchev–Trinajstić information content (AvgIpc) is 2.91. The smallest absolute Gasteiger partial charge is 0.193 e. The predicted octanol–water partition coefficient (Wildman–Crippen LogP) is 2.63. The van der Waals surface area contributed by atoms with Gasteiger partial charge in [0.25, 0.3) is 0 Å². The SMILES string of the molecule is Cc1ccc(NC(N)=NCCCn2cccn2)cc1.I. The molecule has 0 radical (unpaired) electrons. The molecule has 0 aliphatic carbocycles. The molecule has 108 valence electrons. The van der Waals surface area contributed by atoms with Gasteiger partial charge in [0.1, 0.15) is 0 Å². The Morgan fingerprint density at radius 2 is 2.10 bits per heavy atom. The van der Waals surface area contributed by atoms with Crippen molar-refractivity contribution in [1.29, 1.82) is 0 Å². The lowest BCUT2D eigenvalue weighted by atomic mass is 10.2. The fourth-order valence-electron chi connectivity index (χ4n) is 1.69. The summed E-state index contributed by atoms with van der Waals surface area (Å²) in [6, 6.07) is 9.96. The maximum Gasteiger partial charge on any atom is 0.193 e. The van der Waals surface area contributed by atoms with Crippen molar-refractivity contribution in [2.75, 3.05) is 11.9 Å². The van der Waals surface area contributed by atoms with Crippen molar-refractivity contribution in [1.82, 2.24) is 9.78 Å². The number of aryl methyl sites for hydroxylation is 2. The van der Waals surface area contributed by atoms with Crippen LogP contribution in [0.15, 0.2) is 47.7 Å². The minimum Gasteiger partial charge on any atom is -0.370 e. The molecule has 0 bridgehead atoms. The van der Waals surface area contributed by atoms with Crippen molar-refractivity contribution in [3.8, 4) is 0 Å². The summed E-state index contributed by atoms with van der Waals surface area (Å²) in [4.78, 5) is 4.28. The molecule has 0 spiro atoms. The zero-order chi connectivity index (χ0) is 13.5. The number of nitrogens with zero attached hydrogens (tertiary/aromatic N) is 3. The molecule has 0 unspecified atom stereocenters. The molecule has 20 heavy (non-hydrogen) atoms. The molecule has 0 saturated carbocycles. The standard InChI is InChI=1S/C14H19N5.HI/c1-12-4-6-13(7-5-12)18-14(15)16-8-2-10-19-11-3-9-17-19;/h3-7,9,11H,2,8,10H2,1H3,(H3,15,16,18);1H. The number of guanidine groups is 1. The van der Waals surface area contributed by atoms with Gasteiger partial charge in [-0.25, -0.2) is 0 Å². The zero-order valence-corrected chi connectivity index (χ0v) is 13.8. The summed E-state index contributed by atoms with van der Waals surface area (Å²) in [5, 5.41) is 7.20. The number of hydrogen-bond donors (Lipinski definition) is 2. The van der Waals surface area contributed by atoms with Gasteiger partial charge < -0.3 is 11.1 Å². The first-order chi connectivity index (χ1) is 9.24. The van der Waals surface area contributed by atoms with E-state index in [4.69, 9.17) is 5.73 Å². The Labute approximate surface area is 136 Å². The summed E-state index contributed by atoms with van der Waals surface area (Å²) in [6.45, 7) is 3.59. The first-order valence-electron chi connectivity index (χ1n) is 6.35. The van der Waals surface area contributed by atoms with Gasteiger partial charge in [-0.15, -0.1) is 24.0 Å². The summed E-state index contributed by atoms with van der Waals surface area (Å²) in [5.41, 5.74) is 8.00. The minimum absolute atomic E-state index is 0. The molecular weight excluding hydrogens is 365 g/mol. The number of nitrogens with two attached hydrogens (primary N) is 1. The highest BCUT2D eigenvalue weighted by atomic mass is 127. The largest absolute Gasteiger partial charge is 0.370 e. The highest BCUT2D eigenvalue weighted by Crippen LogP contribution is 2.07. The topological polar surface area (TPSA) is 68.2 Å². The van der Waals surface area contributed by atoms with E-state index < -0.39 is 0 Å². The third-order valence-corrected chi connectivity index (χ3v) is 2.71. The van der Waals surface area contributed by atoms with E-state index in [0.717, 1.165) is 18.7 Å². The van der Waals surface area contributed by atoms with Crippen LogP contribution in [0.3, 0.4) is 0 Å². The molecule has 0 aliphatic heterocycles. The van der Waals surface area contributed by atoms with Crippen LogP contribution in [0.1, 0.15) is 12.0 Å². The molecule has 0 fully saturated rings. The summed E-state index contributed by atoms with van der Waals surface area (Å²) in [7, 11) is 0. The Bertz CT molecular complexity index is 519. The number of halogens is 1. The van der Waals surface area contributed by atoms with Crippen LogP contribution in [-0.2, 0) is 6.54 Å². The van der Waals surface area contributed by atoms with Crippen molar-refractivity contribution in [2.24, 2.45) is 10.7 Å². The molecule has 0 saturated heterocycles. The van der Waals surface area contributed by atoms with Crippen LogP contribution >= 0.6 is 24.0 Å². The van der Waals surface area contributed by atoms with Gasteiger partial charge >= 0.3 is 0 Å². The number of rotatable bonds is 5. The highest BCUT2D eigenvalue weighted by Gasteiger charge is 1.95. The number of hydrogen-bond acceptors (Lipinski definition) is 2. The second-order valence-corrected chi connectivity index (χ2v) is 4.38. The predicted molar refractivity (Wildman–Crippen MR) is 93.6 cm³/mol. The molecule has 0 aliphatic rings. The van der Waals surface area contributed by atoms with E-state index in [1.165, 1.54) is 5.56 Å². The van der Waals surface area contributed by atoms with Crippen LogP contribution in [0, 0.1) is 6.92 Å². The van der Waals surface area contributed by atoms with Gasteiger partial charge in [0.15, 0.2) is 5.96 Å². The van der Waals surface area contributed by atoms with E-state index in [9.17, 15) is 0 Å². The van der Waals surface area contributed by atoms with Crippen molar-refractivity contribution >= 4 is 35.6 Å². The number of anilines is 1. The number of aromatic nitrogens is 2. The van der Waals surface area contributed by atoms with Crippen molar-refractivity contribution in [2.45, 2.75) is 19.9 Å². The van der Waals surface area contributed by atoms with E-state index in [1.807, 2.05) is 41.2 Å². The van der Waals surface area contributed by atoms with Crippen LogP contribution in [0.2, 0.25) is 0 Å². The van der Waals surface area contributed by atoms with Crippen molar-refractivity contribution in [3.05, 3.63) is 48.3 Å². The number of benzene rings is 1. The zero-order valence-electron chi connectivity index (χ0n) is 11.5. The first kappa shape index (κ1) is 16.5. The lowest BCUT2D eigenvalue weighted by Crippen LogP contribution is -2.23. The Kier molecular flexibility index (Phi) is 7.06. The van der Waals surface area contributed by atoms with Crippen LogP contribution in [-0.4, -0.2) is 22.3 Å². The molecule has 2 rings (SSSR count). The van der Waals surface area contributed by atoms with Gasteiger partial charge in [-0.3, -0.25) is 9.67 Å². The van der Waals surface area contributed by atoms with Gasteiger partial charge in [-0.1, -0.05) is 17.7 Å². The Morgan fingerprint density at radius 3 is 2.75 bits per heavy atom. The fourth-order valence-corrected chi connectivity index (χ4v) is 1.69. The van der Waals surface area contributed by atoms with Crippen LogP contribution in [0.25, 0.3) is 0 Å². The van der Waals surface area contributed by atoms with E-state index >= 15 is 0 Å². The second-order valence-electron chi connectivity index (χ2n) is 4.38. The normalized spacial score (nSPS) is 10.9. The lowest BCUT2D eigenvalue weighted by molar-refractivity contribution is 0.585. The molecule has 3 N–H and O–H groups in total. The average molecular weight is 385 g/mol. The fraction of sp³-hybridized carbons (Fsp3) is 0.286. The van der Waals surface area contributed by atoms with E-state index in [2.05, 4.69) is 22.3 Å². The summed E-state index contributed by atoms with van der Waals surface area (Å²) < 4.78 is 1.89. The molecule has 1 aromatic carbocycles. The highest BCUT2D eigenvalue weighted by molar-refractivity contribution is 14.0. The summed E-state index contributed by atoms with van der Waals surface area (Å²) in [5.74, 6) is 0.448. The van der Waals surface area contributed by atoms with Gasteiger partial charge in [0.05, 0.1) is 0 Å². The van der Waals surface area contributed by atoms with Gasteiger partial charge in [-0.2, -0.15) is 5.10 Å². The molecule has 0 atom stereocenters. The third kappa shape index (κ3) is 5.60. The van der Waals surface area contributed by atoms with Crippen LogP contribution in [0.4, 0.5) is 5.69 Å². The Morgan fingerprint density at radius 1 is 1.35 bits per heavy atom.